The maximum Gasteiger partial charge on any atom is 0.413 e. The van der Waals surface area contributed by atoms with Gasteiger partial charge in [0, 0.05) is 0 Å². The Morgan fingerprint density at radius 2 is 2.00 bits per heavy atom. The van der Waals surface area contributed by atoms with Crippen LogP contribution in [-0.4, -0.2) is 30.4 Å². The van der Waals surface area contributed by atoms with Gasteiger partial charge in [0.15, 0.2) is 11.2 Å². The molecular weight excluding hydrogens is 340 g/mol. The first-order valence-electron chi connectivity index (χ1n) is 8.24. The molecule has 0 fully saturated rings. The number of amides is 1. The summed E-state index contributed by atoms with van der Waals surface area (Å²) in [4.78, 5) is 24.0. The van der Waals surface area contributed by atoms with Crippen LogP contribution in [0.3, 0.4) is 0 Å². The number of thiocarbonyl (C=S) groups is 1. The summed E-state index contributed by atoms with van der Waals surface area (Å²) in [5, 5.41) is 5.20. The van der Waals surface area contributed by atoms with E-state index in [1.807, 2.05) is 18.2 Å². The highest BCUT2D eigenvalue weighted by Gasteiger charge is 2.24. The summed E-state index contributed by atoms with van der Waals surface area (Å²) in [6, 6.07) is 8.26. The average molecular weight is 362 g/mol. The van der Waals surface area contributed by atoms with Crippen LogP contribution in [-0.2, 0) is 14.3 Å². The van der Waals surface area contributed by atoms with Crippen molar-refractivity contribution >= 4 is 29.4 Å². The molecule has 7 heteroatoms. The van der Waals surface area contributed by atoms with Crippen molar-refractivity contribution in [3.05, 3.63) is 47.5 Å². The van der Waals surface area contributed by atoms with E-state index in [0.717, 1.165) is 24.8 Å². The largest absolute Gasteiger partial charge is 0.459 e. The van der Waals surface area contributed by atoms with E-state index >= 15 is 0 Å². The Morgan fingerprint density at radius 1 is 1.24 bits per heavy atom. The topological polar surface area (TPSA) is 76.7 Å². The van der Waals surface area contributed by atoms with Gasteiger partial charge in [0.2, 0.25) is 0 Å². The van der Waals surface area contributed by atoms with Crippen LogP contribution >= 0.6 is 12.2 Å². The van der Waals surface area contributed by atoms with Gasteiger partial charge in [0.1, 0.15) is 6.61 Å². The molecule has 0 radical (unpaired) electrons. The normalized spacial score (nSPS) is 14.2. The summed E-state index contributed by atoms with van der Waals surface area (Å²) < 4.78 is 10.2. The Kier molecular flexibility index (Phi) is 7.40. The minimum atomic E-state index is -0.808. The Morgan fingerprint density at radius 3 is 2.64 bits per heavy atom. The molecule has 1 aromatic carbocycles. The smallest absolute Gasteiger partial charge is 0.413 e. The first-order valence-corrected chi connectivity index (χ1v) is 8.64. The number of alkyl carbamates (subject to hydrolysis) is 1. The van der Waals surface area contributed by atoms with E-state index < -0.39 is 18.1 Å². The summed E-state index contributed by atoms with van der Waals surface area (Å²) in [6.07, 6.45) is 4.52. The molecule has 0 bridgehead atoms. The number of esters is 1. The van der Waals surface area contributed by atoms with Gasteiger partial charge in [-0.05, 0) is 49.5 Å². The van der Waals surface area contributed by atoms with E-state index in [2.05, 4.69) is 16.7 Å². The molecule has 1 aliphatic carbocycles. The van der Waals surface area contributed by atoms with E-state index in [1.54, 1.807) is 19.1 Å². The van der Waals surface area contributed by atoms with Crippen LogP contribution in [0.25, 0.3) is 0 Å². The maximum absolute atomic E-state index is 12.5. The van der Waals surface area contributed by atoms with Crippen LogP contribution in [0.15, 0.2) is 42.0 Å². The SMILES string of the molecule is CCOC(=O)NC(=S)NC(C(=O)OCC1=CCCC1)c1ccccc1. The fraction of sp³-hybridized carbons (Fsp3) is 0.389. The zero-order valence-electron chi connectivity index (χ0n) is 14.1. The highest BCUT2D eigenvalue weighted by Crippen LogP contribution is 2.19. The molecule has 134 valence electrons. The molecule has 0 saturated carbocycles. The Labute approximate surface area is 152 Å². The third-order valence-electron chi connectivity index (χ3n) is 3.67. The molecule has 1 amide bonds. The van der Waals surface area contributed by atoms with Crippen molar-refractivity contribution in [3.63, 3.8) is 0 Å². The van der Waals surface area contributed by atoms with Gasteiger partial charge in [-0.1, -0.05) is 36.4 Å². The molecule has 0 aromatic heterocycles. The number of carbonyl (C=O) groups is 2. The molecule has 1 aromatic rings. The van der Waals surface area contributed by atoms with E-state index in [4.69, 9.17) is 21.7 Å². The molecule has 1 atom stereocenters. The summed E-state index contributed by atoms with van der Waals surface area (Å²) in [5.41, 5.74) is 1.83. The fourth-order valence-corrected chi connectivity index (χ4v) is 2.67. The highest BCUT2D eigenvalue weighted by molar-refractivity contribution is 7.80. The lowest BCUT2D eigenvalue weighted by atomic mass is 10.1. The lowest BCUT2D eigenvalue weighted by Gasteiger charge is -2.20. The minimum Gasteiger partial charge on any atom is -0.459 e. The summed E-state index contributed by atoms with van der Waals surface area (Å²) in [7, 11) is 0. The molecule has 2 rings (SSSR count). The Hall–Kier alpha value is -2.41. The third kappa shape index (κ3) is 6.19. The number of hydrogen-bond donors (Lipinski definition) is 2. The van der Waals surface area contributed by atoms with E-state index in [-0.39, 0.29) is 18.3 Å². The van der Waals surface area contributed by atoms with Crippen LogP contribution < -0.4 is 10.6 Å². The van der Waals surface area contributed by atoms with Gasteiger partial charge >= 0.3 is 12.1 Å². The maximum atomic E-state index is 12.5. The number of allylic oxidation sites excluding steroid dienone is 1. The van der Waals surface area contributed by atoms with Crippen LogP contribution in [0.2, 0.25) is 0 Å². The van der Waals surface area contributed by atoms with Gasteiger partial charge in [-0.3, -0.25) is 5.32 Å². The minimum absolute atomic E-state index is 0.00401. The zero-order chi connectivity index (χ0) is 18.1. The van der Waals surface area contributed by atoms with E-state index in [9.17, 15) is 9.59 Å². The standard InChI is InChI=1S/C18H22N2O4S/c1-2-23-18(22)20-17(25)19-15(14-10-4-3-5-11-14)16(21)24-12-13-8-6-7-9-13/h3-5,8,10-11,15H,2,6-7,9,12H2,1H3,(H2,19,20,22,25). The highest BCUT2D eigenvalue weighted by atomic mass is 32.1. The van der Waals surface area contributed by atoms with Crippen molar-refractivity contribution in [3.8, 4) is 0 Å². The number of nitrogens with one attached hydrogen (secondary N) is 2. The van der Waals surface area contributed by atoms with Gasteiger partial charge in [-0.2, -0.15) is 0 Å². The molecule has 1 aliphatic rings. The number of ether oxygens (including phenoxy) is 2. The monoisotopic (exact) mass is 362 g/mol. The number of carbonyl (C=O) groups excluding carboxylic acids is 2. The molecule has 1 unspecified atom stereocenters. The van der Waals surface area contributed by atoms with Crippen molar-refractivity contribution < 1.29 is 19.1 Å². The van der Waals surface area contributed by atoms with Crippen LogP contribution in [0.1, 0.15) is 37.8 Å². The molecule has 2 N–H and O–H groups in total. The number of rotatable bonds is 6. The number of hydrogen-bond acceptors (Lipinski definition) is 5. The molecule has 0 heterocycles. The van der Waals surface area contributed by atoms with Crippen molar-refractivity contribution in [2.45, 2.75) is 32.2 Å². The predicted molar refractivity (Wildman–Crippen MR) is 98.0 cm³/mol. The molecule has 0 aliphatic heterocycles. The molecule has 6 nitrogen and oxygen atoms in total. The van der Waals surface area contributed by atoms with Crippen LogP contribution in [0, 0.1) is 0 Å². The van der Waals surface area contributed by atoms with E-state index in [1.165, 1.54) is 0 Å². The zero-order valence-corrected chi connectivity index (χ0v) is 14.9. The molecule has 0 saturated heterocycles. The lowest BCUT2D eigenvalue weighted by Crippen LogP contribution is -2.44. The van der Waals surface area contributed by atoms with Crippen molar-refractivity contribution in [1.82, 2.24) is 10.6 Å². The summed E-state index contributed by atoms with van der Waals surface area (Å²) in [5.74, 6) is -0.452. The number of benzene rings is 1. The fourth-order valence-electron chi connectivity index (χ4n) is 2.47. The predicted octanol–water partition coefficient (Wildman–Crippen LogP) is 3.00. The second-order valence-corrected chi connectivity index (χ2v) is 5.93. The van der Waals surface area contributed by atoms with Crippen molar-refractivity contribution in [2.75, 3.05) is 13.2 Å². The van der Waals surface area contributed by atoms with Crippen LogP contribution in [0.5, 0.6) is 0 Å². The second kappa shape index (κ2) is 9.78. The van der Waals surface area contributed by atoms with Gasteiger partial charge in [0.05, 0.1) is 6.61 Å². The van der Waals surface area contributed by atoms with Crippen molar-refractivity contribution in [2.24, 2.45) is 0 Å². The van der Waals surface area contributed by atoms with E-state index in [0.29, 0.717) is 5.56 Å². The average Bonchev–Trinajstić information content (AvgIpc) is 3.12. The van der Waals surface area contributed by atoms with Crippen molar-refractivity contribution in [1.29, 1.82) is 0 Å². The van der Waals surface area contributed by atoms with Gasteiger partial charge < -0.3 is 14.8 Å². The van der Waals surface area contributed by atoms with Gasteiger partial charge in [-0.15, -0.1) is 0 Å². The summed E-state index contributed by atoms with van der Waals surface area (Å²) in [6.45, 7) is 2.20. The Bertz CT molecular complexity index is 646. The molecule has 0 spiro atoms. The second-order valence-electron chi connectivity index (χ2n) is 5.52. The first kappa shape index (κ1) is 18.9. The third-order valence-corrected chi connectivity index (χ3v) is 3.89. The molecular formula is C18H22N2O4S. The quantitative estimate of drug-likeness (QED) is 0.460. The first-order chi connectivity index (χ1) is 12.1. The molecule has 25 heavy (non-hydrogen) atoms. The summed E-state index contributed by atoms with van der Waals surface area (Å²) >= 11 is 5.09. The van der Waals surface area contributed by atoms with Gasteiger partial charge in [0.25, 0.3) is 0 Å². The Balaban J connectivity index is 2.01. The van der Waals surface area contributed by atoms with Gasteiger partial charge in [-0.25, -0.2) is 9.59 Å². The lowest BCUT2D eigenvalue weighted by molar-refractivity contribution is -0.145. The van der Waals surface area contributed by atoms with Crippen LogP contribution in [0.4, 0.5) is 4.79 Å².